The summed E-state index contributed by atoms with van der Waals surface area (Å²) in [5.74, 6) is -0.0197. The molecule has 0 saturated carbocycles. The quantitative estimate of drug-likeness (QED) is 0.629. The van der Waals surface area contributed by atoms with Crippen LogP contribution in [0, 0.1) is 13.8 Å². The van der Waals surface area contributed by atoms with Crippen LogP contribution < -0.4 is 0 Å². The maximum Gasteiger partial charge on any atom is 0.266 e. The second-order valence-corrected chi connectivity index (χ2v) is 6.93. The van der Waals surface area contributed by atoms with Gasteiger partial charge in [0.2, 0.25) is 0 Å². The summed E-state index contributed by atoms with van der Waals surface area (Å²) in [5, 5.41) is 4.61. The average molecular weight is 343 g/mol. The molecule has 0 bridgehead atoms. The summed E-state index contributed by atoms with van der Waals surface area (Å²) in [5.41, 5.74) is 3.89. The first-order valence-corrected chi connectivity index (χ1v) is 8.62. The molecule has 6 heteroatoms. The Hall–Kier alpha value is -1.92. The number of likely N-dealkylation sites (N-methyl/N-ethyl adjacent to an activating group) is 1. The average Bonchev–Trinajstić information content (AvgIpc) is 2.98. The van der Waals surface area contributed by atoms with Gasteiger partial charge in [-0.15, -0.1) is 0 Å². The maximum atomic E-state index is 12.4. The number of para-hydroxylation sites is 1. The largest absolute Gasteiger partial charge is 0.293 e. The van der Waals surface area contributed by atoms with Crippen molar-refractivity contribution in [2.24, 2.45) is 0 Å². The first-order chi connectivity index (χ1) is 11.0. The van der Waals surface area contributed by atoms with E-state index in [9.17, 15) is 4.79 Å². The first-order valence-electron chi connectivity index (χ1n) is 7.40. The normalized spacial score (nSPS) is 16.7. The number of hydrogen-bond acceptors (Lipinski definition) is 4. The van der Waals surface area contributed by atoms with Crippen LogP contribution in [0.3, 0.4) is 0 Å². The van der Waals surface area contributed by atoms with Crippen molar-refractivity contribution in [3.63, 3.8) is 0 Å². The Balaban J connectivity index is 2.02. The minimum absolute atomic E-state index is 0.0197. The van der Waals surface area contributed by atoms with Gasteiger partial charge in [-0.25, -0.2) is 4.68 Å². The highest BCUT2D eigenvalue weighted by Crippen LogP contribution is 2.33. The van der Waals surface area contributed by atoms with Crippen molar-refractivity contribution in [1.82, 2.24) is 14.7 Å². The SMILES string of the molecule is CCN1C(=O)/C(=C\c2c(C)nn(-c3ccccc3)c2C)SC1=S. The first kappa shape index (κ1) is 16.0. The van der Waals surface area contributed by atoms with E-state index in [4.69, 9.17) is 12.2 Å². The van der Waals surface area contributed by atoms with Gasteiger partial charge in [-0.2, -0.15) is 5.10 Å². The number of nitrogens with zero attached hydrogens (tertiary/aromatic N) is 3. The van der Waals surface area contributed by atoms with Gasteiger partial charge >= 0.3 is 0 Å². The number of benzene rings is 1. The molecule has 2 aromatic rings. The number of thioether (sulfide) groups is 1. The van der Waals surface area contributed by atoms with Crippen molar-refractivity contribution in [2.45, 2.75) is 20.8 Å². The summed E-state index contributed by atoms with van der Waals surface area (Å²) in [7, 11) is 0. The fourth-order valence-electron chi connectivity index (χ4n) is 2.59. The summed E-state index contributed by atoms with van der Waals surface area (Å²) in [4.78, 5) is 14.7. The van der Waals surface area contributed by atoms with E-state index < -0.39 is 0 Å². The zero-order chi connectivity index (χ0) is 16.6. The lowest BCUT2D eigenvalue weighted by atomic mass is 10.1. The molecular formula is C17H17N3OS2. The molecule has 23 heavy (non-hydrogen) atoms. The summed E-state index contributed by atoms with van der Waals surface area (Å²) in [6.45, 7) is 6.50. The molecule has 1 aliphatic rings. The van der Waals surface area contributed by atoms with E-state index in [1.54, 1.807) is 4.90 Å². The predicted octanol–water partition coefficient (Wildman–Crippen LogP) is 3.71. The van der Waals surface area contributed by atoms with Crippen molar-refractivity contribution < 1.29 is 4.79 Å². The Bertz CT molecular complexity index is 809. The zero-order valence-electron chi connectivity index (χ0n) is 13.2. The van der Waals surface area contributed by atoms with E-state index in [0.717, 1.165) is 22.6 Å². The summed E-state index contributed by atoms with van der Waals surface area (Å²) in [6, 6.07) is 9.97. The molecule has 1 aromatic carbocycles. The van der Waals surface area contributed by atoms with E-state index in [0.29, 0.717) is 15.8 Å². The molecule has 0 spiro atoms. The van der Waals surface area contributed by atoms with Crippen LogP contribution in [0.5, 0.6) is 0 Å². The van der Waals surface area contributed by atoms with Gasteiger partial charge in [0.15, 0.2) is 0 Å². The van der Waals surface area contributed by atoms with Gasteiger partial charge in [-0.05, 0) is 39.0 Å². The molecule has 1 aliphatic heterocycles. The molecule has 0 atom stereocenters. The molecule has 0 N–H and O–H groups in total. The molecular weight excluding hydrogens is 326 g/mol. The molecule has 3 rings (SSSR count). The Morgan fingerprint density at radius 1 is 1.26 bits per heavy atom. The lowest BCUT2D eigenvalue weighted by molar-refractivity contribution is -0.121. The number of thiocarbonyl (C=S) groups is 1. The number of carbonyl (C=O) groups is 1. The van der Waals surface area contributed by atoms with E-state index in [-0.39, 0.29) is 5.91 Å². The van der Waals surface area contributed by atoms with Gasteiger partial charge in [-0.3, -0.25) is 9.69 Å². The van der Waals surface area contributed by atoms with E-state index in [1.165, 1.54) is 11.8 Å². The molecule has 0 unspecified atom stereocenters. The molecule has 1 amide bonds. The van der Waals surface area contributed by atoms with Crippen molar-refractivity contribution in [1.29, 1.82) is 0 Å². The molecule has 1 saturated heterocycles. The Kier molecular flexibility index (Phi) is 4.37. The number of aryl methyl sites for hydroxylation is 1. The zero-order valence-corrected chi connectivity index (χ0v) is 14.9. The highest BCUT2D eigenvalue weighted by molar-refractivity contribution is 8.26. The lowest BCUT2D eigenvalue weighted by Gasteiger charge is -2.09. The Morgan fingerprint density at radius 3 is 2.57 bits per heavy atom. The van der Waals surface area contributed by atoms with Crippen LogP contribution in [0.1, 0.15) is 23.9 Å². The number of rotatable bonds is 3. The van der Waals surface area contributed by atoms with E-state index in [2.05, 4.69) is 5.10 Å². The van der Waals surface area contributed by atoms with Gasteiger partial charge in [0.25, 0.3) is 5.91 Å². The fourth-order valence-corrected chi connectivity index (χ4v) is 3.95. The van der Waals surface area contributed by atoms with E-state index in [1.807, 2.05) is 61.9 Å². The molecule has 1 fully saturated rings. The van der Waals surface area contributed by atoms with Crippen molar-refractivity contribution in [3.05, 3.63) is 52.2 Å². The third-order valence-electron chi connectivity index (χ3n) is 3.81. The van der Waals surface area contributed by atoms with Crippen LogP contribution in [0.2, 0.25) is 0 Å². The smallest absolute Gasteiger partial charge is 0.266 e. The second kappa shape index (κ2) is 6.29. The molecule has 1 aromatic heterocycles. The third-order valence-corrected chi connectivity index (χ3v) is 5.19. The van der Waals surface area contributed by atoms with Crippen LogP contribution in [0.15, 0.2) is 35.2 Å². The molecule has 0 radical (unpaired) electrons. The highest BCUT2D eigenvalue weighted by Gasteiger charge is 2.31. The standard InChI is InChI=1S/C17H17N3OS2/c1-4-19-16(21)15(23-17(19)22)10-14-11(2)18-20(12(14)3)13-8-6-5-7-9-13/h5-10H,4H2,1-3H3/b15-10+. The van der Waals surface area contributed by atoms with Crippen LogP contribution in [0.25, 0.3) is 11.8 Å². The molecule has 2 heterocycles. The van der Waals surface area contributed by atoms with Gasteiger partial charge in [0.1, 0.15) is 4.32 Å². The number of amides is 1. The lowest BCUT2D eigenvalue weighted by Crippen LogP contribution is -2.27. The van der Waals surface area contributed by atoms with Gasteiger partial charge < -0.3 is 0 Å². The summed E-state index contributed by atoms with van der Waals surface area (Å²) >= 11 is 6.62. The van der Waals surface area contributed by atoms with Gasteiger partial charge in [0, 0.05) is 17.8 Å². The van der Waals surface area contributed by atoms with E-state index >= 15 is 0 Å². The number of hydrogen-bond donors (Lipinski definition) is 0. The van der Waals surface area contributed by atoms with Gasteiger partial charge in [0.05, 0.1) is 16.3 Å². The van der Waals surface area contributed by atoms with Crippen molar-refractivity contribution in [2.75, 3.05) is 6.54 Å². The molecule has 118 valence electrons. The van der Waals surface area contributed by atoms with Crippen molar-refractivity contribution >= 4 is 40.3 Å². The molecule has 4 nitrogen and oxygen atoms in total. The minimum atomic E-state index is -0.0197. The van der Waals surface area contributed by atoms with Crippen LogP contribution in [-0.4, -0.2) is 31.5 Å². The third kappa shape index (κ3) is 2.84. The Morgan fingerprint density at radius 2 is 1.96 bits per heavy atom. The minimum Gasteiger partial charge on any atom is -0.293 e. The summed E-state index contributed by atoms with van der Waals surface area (Å²) in [6.07, 6.45) is 1.91. The summed E-state index contributed by atoms with van der Waals surface area (Å²) < 4.78 is 2.52. The topological polar surface area (TPSA) is 38.1 Å². The van der Waals surface area contributed by atoms with Gasteiger partial charge in [-0.1, -0.05) is 42.2 Å². The van der Waals surface area contributed by atoms with Crippen LogP contribution in [-0.2, 0) is 4.79 Å². The van der Waals surface area contributed by atoms with Crippen molar-refractivity contribution in [3.8, 4) is 5.69 Å². The predicted molar refractivity (Wildman–Crippen MR) is 98.6 cm³/mol. The maximum absolute atomic E-state index is 12.4. The fraction of sp³-hybridized carbons (Fsp3) is 0.235. The Labute approximate surface area is 145 Å². The second-order valence-electron chi connectivity index (χ2n) is 5.26. The molecule has 0 aliphatic carbocycles. The van der Waals surface area contributed by atoms with Crippen LogP contribution >= 0.6 is 24.0 Å². The number of aromatic nitrogens is 2. The van der Waals surface area contributed by atoms with Crippen LogP contribution in [0.4, 0.5) is 0 Å². The number of carbonyl (C=O) groups excluding carboxylic acids is 1. The highest BCUT2D eigenvalue weighted by atomic mass is 32.2. The monoisotopic (exact) mass is 343 g/mol.